The van der Waals surface area contributed by atoms with Gasteiger partial charge in [-0.15, -0.1) is 0 Å². The number of pyridine rings is 2. The number of aromatic nitrogens is 4. The lowest BCUT2D eigenvalue weighted by Gasteiger charge is -2.01. The molecule has 1 aromatic carbocycles. The minimum atomic E-state index is 0.688. The van der Waals surface area contributed by atoms with Gasteiger partial charge in [-0.05, 0) is 29.8 Å². The zero-order chi connectivity index (χ0) is 18.3. The number of benzene rings is 1. The van der Waals surface area contributed by atoms with Gasteiger partial charge in [0.1, 0.15) is 11.5 Å². The van der Waals surface area contributed by atoms with Gasteiger partial charge in [-0.2, -0.15) is 10.2 Å². The summed E-state index contributed by atoms with van der Waals surface area (Å²) >= 11 is 0. The Labute approximate surface area is 157 Å². The first kappa shape index (κ1) is 16.7. The summed E-state index contributed by atoms with van der Waals surface area (Å²) in [7, 11) is 0. The summed E-state index contributed by atoms with van der Waals surface area (Å²) in [6.45, 7) is 0.690. The molecule has 0 atom stereocenters. The lowest BCUT2D eigenvalue weighted by atomic mass is 10.1. The maximum atomic E-state index is 4.74. The summed E-state index contributed by atoms with van der Waals surface area (Å²) in [5.41, 5.74) is 6.82. The van der Waals surface area contributed by atoms with E-state index in [1.807, 2.05) is 59.4 Å². The normalized spacial score (nSPS) is 11.0. The second kappa shape index (κ2) is 8.05. The summed E-state index contributed by atoms with van der Waals surface area (Å²) in [5, 5.41) is 9.05. The lowest BCUT2D eigenvalue weighted by Crippen LogP contribution is -2.00. The van der Waals surface area contributed by atoms with E-state index in [-0.39, 0.29) is 0 Å². The molecule has 6 heteroatoms. The van der Waals surface area contributed by atoms with Crippen LogP contribution in [0.2, 0.25) is 0 Å². The maximum absolute atomic E-state index is 4.74. The van der Waals surface area contributed by atoms with Crippen LogP contribution >= 0.6 is 0 Å². The van der Waals surface area contributed by atoms with Gasteiger partial charge in [0.2, 0.25) is 0 Å². The maximum Gasteiger partial charge on any atom is 0.146 e. The molecule has 0 bridgehead atoms. The van der Waals surface area contributed by atoms with Gasteiger partial charge in [-0.1, -0.05) is 36.4 Å². The third-order valence-corrected chi connectivity index (χ3v) is 3.96. The van der Waals surface area contributed by atoms with Gasteiger partial charge in [-0.25, -0.2) is 4.98 Å². The highest BCUT2D eigenvalue weighted by atomic mass is 15.3. The molecule has 0 aliphatic heterocycles. The zero-order valence-corrected chi connectivity index (χ0v) is 14.6. The molecule has 0 spiro atoms. The summed E-state index contributed by atoms with van der Waals surface area (Å²) in [6.07, 6.45) is 9.01. The van der Waals surface area contributed by atoms with Crippen molar-refractivity contribution in [1.29, 1.82) is 0 Å². The second-order valence-corrected chi connectivity index (χ2v) is 5.94. The fourth-order valence-corrected chi connectivity index (χ4v) is 2.71. The third-order valence-electron chi connectivity index (χ3n) is 3.96. The second-order valence-electron chi connectivity index (χ2n) is 5.94. The SMILES string of the molecule is C(=N/Nc1ccccn1)/c1cn(Cc2ccccc2)nc1-c1cccnc1. The van der Waals surface area contributed by atoms with Crippen LogP contribution in [0.4, 0.5) is 5.82 Å². The number of nitrogens with one attached hydrogen (secondary N) is 1. The first-order chi connectivity index (χ1) is 13.4. The molecule has 1 N–H and O–H groups in total. The van der Waals surface area contributed by atoms with Gasteiger partial charge in [0, 0.05) is 35.9 Å². The first-order valence-corrected chi connectivity index (χ1v) is 8.60. The van der Waals surface area contributed by atoms with E-state index in [9.17, 15) is 0 Å². The van der Waals surface area contributed by atoms with Crippen molar-refractivity contribution in [3.8, 4) is 11.3 Å². The van der Waals surface area contributed by atoms with Crippen LogP contribution in [-0.4, -0.2) is 26.0 Å². The van der Waals surface area contributed by atoms with Crippen molar-refractivity contribution >= 4 is 12.0 Å². The molecule has 0 unspecified atom stereocenters. The van der Waals surface area contributed by atoms with Gasteiger partial charge in [0.05, 0.1) is 12.8 Å². The molecular weight excluding hydrogens is 336 g/mol. The smallest absolute Gasteiger partial charge is 0.146 e. The standard InChI is InChI=1S/C21H18N6/c1-2-7-17(8-3-1)15-27-16-19(14-24-25-20-10-4-5-12-23-20)21(26-27)18-9-6-11-22-13-18/h1-14,16H,15H2,(H,23,25)/b24-14-. The molecule has 132 valence electrons. The van der Waals surface area contributed by atoms with E-state index >= 15 is 0 Å². The Morgan fingerprint density at radius 3 is 2.63 bits per heavy atom. The first-order valence-electron chi connectivity index (χ1n) is 8.60. The van der Waals surface area contributed by atoms with Crippen LogP contribution in [0.1, 0.15) is 11.1 Å². The minimum absolute atomic E-state index is 0.688. The highest BCUT2D eigenvalue weighted by molar-refractivity contribution is 5.88. The molecule has 0 amide bonds. The zero-order valence-electron chi connectivity index (χ0n) is 14.6. The van der Waals surface area contributed by atoms with Crippen LogP contribution in [0.25, 0.3) is 11.3 Å². The van der Waals surface area contributed by atoms with Gasteiger partial charge < -0.3 is 0 Å². The topological polar surface area (TPSA) is 68.0 Å². The van der Waals surface area contributed by atoms with E-state index < -0.39 is 0 Å². The van der Waals surface area contributed by atoms with Crippen molar-refractivity contribution in [3.05, 3.63) is 96.6 Å². The number of rotatable bonds is 6. The van der Waals surface area contributed by atoms with Crippen LogP contribution in [0.3, 0.4) is 0 Å². The molecule has 3 aromatic heterocycles. The molecule has 0 aliphatic rings. The van der Waals surface area contributed by atoms with Gasteiger partial charge in [0.25, 0.3) is 0 Å². The van der Waals surface area contributed by atoms with E-state index in [2.05, 4.69) is 32.6 Å². The lowest BCUT2D eigenvalue weighted by molar-refractivity contribution is 0.689. The number of hydrazone groups is 1. The molecule has 0 saturated heterocycles. The van der Waals surface area contributed by atoms with Crippen LogP contribution in [0.5, 0.6) is 0 Å². The van der Waals surface area contributed by atoms with Gasteiger partial charge in [0.15, 0.2) is 0 Å². The fourth-order valence-electron chi connectivity index (χ4n) is 2.71. The molecule has 0 saturated carbocycles. The van der Waals surface area contributed by atoms with Crippen LogP contribution in [0, 0.1) is 0 Å². The van der Waals surface area contributed by atoms with Crippen molar-refractivity contribution < 1.29 is 0 Å². The molecule has 0 radical (unpaired) electrons. The van der Waals surface area contributed by atoms with Crippen LogP contribution < -0.4 is 5.43 Å². The van der Waals surface area contributed by atoms with Crippen molar-refractivity contribution in [2.24, 2.45) is 5.10 Å². The van der Waals surface area contributed by atoms with E-state index in [1.54, 1.807) is 24.8 Å². The largest absolute Gasteiger partial charge is 0.267 e. The van der Waals surface area contributed by atoms with Crippen LogP contribution in [0.15, 0.2) is 90.6 Å². The van der Waals surface area contributed by atoms with Crippen molar-refractivity contribution in [1.82, 2.24) is 19.7 Å². The fraction of sp³-hybridized carbons (Fsp3) is 0.0476. The summed E-state index contributed by atoms with van der Waals surface area (Å²) in [6, 6.07) is 19.8. The summed E-state index contributed by atoms with van der Waals surface area (Å²) < 4.78 is 1.92. The Kier molecular flexibility index (Phi) is 4.97. The average molecular weight is 354 g/mol. The van der Waals surface area contributed by atoms with E-state index in [4.69, 9.17) is 5.10 Å². The predicted octanol–water partition coefficient (Wildman–Crippen LogP) is 3.83. The highest BCUT2D eigenvalue weighted by Gasteiger charge is 2.10. The Morgan fingerprint density at radius 2 is 1.85 bits per heavy atom. The molecule has 27 heavy (non-hydrogen) atoms. The Balaban J connectivity index is 1.62. The van der Waals surface area contributed by atoms with Gasteiger partial charge in [-0.3, -0.25) is 15.1 Å². The number of nitrogens with zero attached hydrogens (tertiary/aromatic N) is 5. The third kappa shape index (κ3) is 4.24. The molecule has 4 rings (SSSR count). The van der Waals surface area contributed by atoms with E-state index in [0.29, 0.717) is 12.4 Å². The van der Waals surface area contributed by atoms with Crippen molar-refractivity contribution in [2.75, 3.05) is 5.43 Å². The molecular formula is C21H18N6. The molecule has 6 nitrogen and oxygen atoms in total. The monoisotopic (exact) mass is 354 g/mol. The van der Waals surface area contributed by atoms with Crippen LogP contribution in [-0.2, 0) is 6.54 Å². The van der Waals surface area contributed by atoms with Gasteiger partial charge >= 0.3 is 0 Å². The quantitative estimate of drug-likeness (QED) is 0.422. The van der Waals surface area contributed by atoms with Crippen molar-refractivity contribution in [2.45, 2.75) is 6.54 Å². The summed E-state index contributed by atoms with van der Waals surface area (Å²) in [4.78, 5) is 8.40. The molecule has 4 aromatic rings. The predicted molar refractivity (Wildman–Crippen MR) is 106 cm³/mol. The van der Waals surface area contributed by atoms with E-state index in [1.165, 1.54) is 5.56 Å². The van der Waals surface area contributed by atoms with E-state index in [0.717, 1.165) is 16.8 Å². The Morgan fingerprint density at radius 1 is 0.963 bits per heavy atom. The minimum Gasteiger partial charge on any atom is -0.267 e. The Bertz CT molecular complexity index is 1010. The molecule has 0 aliphatic carbocycles. The average Bonchev–Trinajstić information content (AvgIpc) is 3.13. The number of anilines is 1. The van der Waals surface area contributed by atoms with Crippen molar-refractivity contribution in [3.63, 3.8) is 0 Å². The number of hydrogen-bond donors (Lipinski definition) is 1. The molecule has 0 fully saturated rings. The molecule has 3 heterocycles. The highest BCUT2D eigenvalue weighted by Crippen LogP contribution is 2.20. The summed E-state index contributed by atoms with van der Waals surface area (Å²) in [5.74, 6) is 0.688. The Hall–Kier alpha value is -3.80. The number of hydrogen-bond acceptors (Lipinski definition) is 5.